The molecule has 0 spiro atoms. The molecular formula is C10H19N5O. The van der Waals surface area contributed by atoms with Crippen molar-refractivity contribution in [3.8, 4) is 0 Å². The van der Waals surface area contributed by atoms with E-state index < -0.39 is 0 Å². The fourth-order valence-electron chi connectivity index (χ4n) is 1.29. The summed E-state index contributed by atoms with van der Waals surface area (Å²) < 4.78 is 0. The molecule has 0 bridgehead atoms. The highest BCUT2D eigenvalue weighted by atomic mass is 16.3. The van der Waals surface area contributed by atoms with Crippen molar-refractivity contribution in [1.82, 2.24) is 14.9 Å². The molecule has 1 rings (SSSR count). The molecule has 0 aliphatic heterocycles. The second-order valence-corrected chi connectivity index (χ2v) is 3.90. The molecule has 0 aliphatic carbocycles. The maximum Gasteiger partial charge on any atom is 0.145 e. The van der Waals surface area contributed by atoms with Crippen LogP contribution in [0.2, 0.25) is 0 Å². The standard InChI is InChI=1S/C10H19N5O/c1-7-4-9(14-11)13-10(12-7)5-15(3)8(2)6-16/h4,8,16H,5-6,11H2,1-3H3,(H,12,13,14). The molecule has 0 fully saturated rings. The Morgan fingerprint density at radius 3 is 2.81 bits per heavy atom. The van der Waals surface area contributed by atoms with E-state index in [0.717, 1.165) is 5.69 Å². The van der Waals surface area contributed by atoms with Gasteiger partial charge >= 0.3 is 0 Å². The quantitative estimate of drug-likeness (QED) is 0.478. The predicted molar refractivity (Wildman–Crippen MR) is 62.6 cm³/mol. The largest absolute Gasteiger partial charge is 0.395 e. The molecule has 1 atom stereocenters. The van der Waals surface area contributed by atoms with Gasteiger partial charge in [0.2, 0.25) is 0 Å². The zero-order chi connectivity index (χ0) is 12.1. The zero-order valence-corrected chi connectivity index (χ0v) is 9.94. The Kier molecular flexibility index (Phi) is 4.60. The highest BCUT2D eigenvalue weighted by molar-refractivity contribution is 5.33. The number of hydrogen-bond donors (Lipinski definition) is 3. The lowest BCUT2D eigenvalue weighted by atomic mass is 10.3. The van der Waals surface area contributed by atoms with Gasteiger partial charge in [-0.15, -0.1) is 0 Å². The van der Waals surface area contributed by atoms with Crippen molar-refractivity contribution in [3.05, 3.63) is 17.6 Å². The van der Waals surface area contributed by atoms with E-state index in [1.54, 1.807) is 6.07 Å². The van der Waals surface area contributed by atoms with Crippen LogP contribution in [0.1, 0.15) is 18.4 Å². The van der Waals surface area contributed by atoms with Crippen molar-refractivity contribution in [2.45, 2.75) is 26.4 Å². The van der Waals surface area contributed by atoms with Crippen molar-refractivity contribution in [1.29, 1.82) is 0 Å². The van der Waals surface area contributed by atoms with Gasteiger partial charge in [0.05, 0.1) is 13.2 Å². The number of aliphatic hydroxyl groups excluding tert-OH is 1. The summed E-state index contributed by atoms with van der Waals surface area (Å²) in [4.78, 5) is 10.5. The number of aliphatic hydroxyl groups is 1. The van der Waals surface area contributed by atoms with Gasteiger partial charge in [0.15, 0.2) is 0 Å². The van der Waals surface area contributed by atoms with E-state index >= 15 is 0 Å². The molecule has 1 aromatic rings. The number of nitrogens with zero attached hydrogens (tertiary/aromatic N) is 3. The molecule has 6 heteroatoms. The number of hydrogen-bond acceptors (Lipinski definition) is 6. The topological polar surface area (TPSA) is 87.3 Å². The van der Waals surface area contributed by atoms with E-state index in [2.05, 4.69) is 15.4 Å². The number of aromatic nitrogens is 2. The van der Waals surface area contributed by atoms with E-state index in [9.17, 15) is 0 Å². The molecule has 0 amide bonds. The van der Waals surface area contributed by atoms with Gasteiger partial charge in [-0.1, -0.05) is 0 Å². The highest BCUT2D eigenvalue weighted by Gasteiger charge is 2.10. The summed E-state index contributed by atoms with van der Waals surface area (Å²) in [5, 5.41) is 9.02. The third kappa shape index (κ3) is 3.41. The number of hydrazine groups is 1. The highest BCUT2D eigenvalue weighted by Crippen LogP contribution is 2.07. The Hall–Kier alpha value is -1.24. The van der Waals surface area contributed by atoms with Crippen LogP contribution in [0.5, 0.6) is 0 Å². The Morgan fingerprint density at radius 1 is 1.56 bits per heavy atom. The summed E-state index contributed by atoms with van der Waals surface area (Å²) >= 11 is 0. The molecular weight excluding hydrogens is 206 g/mol. The lowest BCUT2D eigenvalue weighted by Crippen LogP contribution is -2.32. The number of nitrogen functional groups attached to an aromatic ring is 1. The molecule has 90 valence electrons. The van der Waals surface area contributed by atoms with E-state index in [1.165, 1.54) is 0 Å². The molecule has 0 saturated heterocycles. The first-order chi connectivity index (χ1) is 7.56. The van der Waals surface area contributed by atoms with Crippen molar-refractivity contribution in [2.75, 3.05) is 19.1 Å². The molecule has 16 heavy (non-hydrogen) atoms. The number of nitrogens with one attached hydrogen (secondary N) is 1. The van der Waals surface area contributed by atoms with Crippen LogP contribution in [0.3, 0.4) is 0 Å². The Labute approximate surface area is 95.5 Å². The van der Waals surface area contributed by atoms with Crippen LogP contribution in [-0.4, -0.2) is 39.7 Å². The SMILES string of the molecule is Cc1cc(NN)nc(CN(C)C(C)CO)n1. The van der Waals surface area contributed by atoms with Gasteiger partial charge in [0, 0.05) is 17.8 Å². The van der Waals surface area contributed by atoms with Gasteiger partial charge in [0.1, 0.15) is 11.6 Å². The molecule has 1 heterocycles. The van der Waals surface area contributed by atoms with Gasteiger partial charge < -0.3 is 10.5 Å². The van der Waals surface area contributed by atoms with Crippen LogP contribution in [0.4, 0.5) is 5.82 Å². The molecule has 0 radical (unpaired) electrons. The van der Waals surface area contributed by atoms with Gasteiger partial charge in [-0.05, 0) is 20.9 Å². The minimum Gasteiger partial charge on any atom is -0.395 e. The third-order valence-corrected chi connectivity index (χ3v) is 2.46. The minimum absolute atomic E-state index is 0.0818. The molecule has 1 unspecified atom stereocenters. The maximum atomic E-state index is 9.02. The van der Waals surface area contributed by atoms with E-state index in [4.69, 9.17) is 10.9 Å². The van der Waals surface area contributed by atoms with Gasteiger partial charge in [0.25, 0.3) is 0 Å². The Balaban J connectivity index is 2.76. The number of likely N-dealkylation sites (N-methyl/N-ethyl adjacent to an activating group) is 1. The van der Waals surface area contributed by atoms with Crippen LogP contribution >= 0.6 is 0 Å². The van der Waals surface area contributed by atoms with Gasteiger partial charge in [-0.3, -0.25) is 4.90 Å². The average molecular weight is 225 g/mol. The molecule has 0 aromatic carbocycles. The van der Waals surface area contributed by atoms with Gasteiger partial charge in [-0.25, -0.2) is 15.8 Å². The first-order valence-corrected chi connectivity index (χ1v) is 5.19. The Morgan fingerprint density at radius 2 is 2.25 bits per heavy atom. The molecule has 0 aliphatic rings. The zero-order valence-electron chi connectivity index (χ0n) is 9.94. The lowest BCUT2D eigenvalue weighted by Gasteiger charge is -2.22. The van der Waals surface area contributed by atoms with Crippen molar-refractivity contribution in [3.63, 3.8) is 0 Å². The minimum atomic E-state index is 0.0818. The first kappa shape index (κ1) is 12.8. The summed E-state index contributed by atoms with van der Waals surface area (Å²) in [5.41, 5.74) is 3.37. The second kappa shape index (κ2) is 5.74. The summed E-state index contributed by atoms with van der Waals surface area (Å²) in [6.45, 7) is 4.53. The third-order valence-electron chi connectivity index (χ3n) is 2.46. The fourth-order valence-corrected chi connectivity index (χ4v) is 1.29. The average Bonchev–Trinajstić information content (AvgIpc) is 2.26. The second-order valence-electron chi connectivity index (χ2n) is 3.90. The smallest absolute Gasteiger partial charge is 0.145 e. The summed E-state index contributed by atoms with van der Waals surface area (Å²) in [7, 11) is 1.92. The van der Waals surface area contributed by atoms with Crippen LogP contribution < -0.4 is 11.3 Å². The van der Waals surface area contributed by atoms with Crippen molar-refractivity contribution < 1.29 is 5.11 Å². The first-order valence-electron chi connectivity index (χ1n) is 5.19. The predicted octanol–water partition coefficient (Wildman–Crippen LogP) is -0.117. The fraction of sp³-hybridized carbons (Fsp3) is 0.600. The summed E-state index contributed by atoms with van der Waals surface area (Å²) in [6, 6.07) is 1.86. The normalized spacial score (nSPS) is 12.9. The van der Waals surface area contributed by atoms with Gasteiger partial charge in [-0.2, -0.15) is 0 Å². The number of anilines is 1. The number of rotatable bonds is 5. The monoisotopic (exact) mass is 225 g/mol. The van der Waals surface area contributed by atoms with E-state index in [0.29, 0.717) is 18.2 Å². The van der Waals surface area contributed by atoms with Crippen LogP contribution in [0, 0.1) is 6.92 Å². The van der Waals surface area contributed by atoms with Crippen molar-refractivity contribution in [2.24, 2.45) is 5.84 Å². The van der Waals surface area contributed by atoms with E-state index in [-0.39, 0.29) is 12.6 Å². The lowest BCUT2D eigenvalue weighted by molar-refractivity contribution is 0.151. The molecule has 1 aromatic heterocycles. The molecule has 6 nitrogen and oxygen atoms in total. The number of nitrogens with two attached hydrogens (primary N) is 1. The summed E-state index contributed by atoms with van der Waals surface area (Å²) in [6.07, 6.45) is 0. The van der Waals surface area contributed by atoms with Crippen LogP contribution in [-0.2, 0) is 6.54 Å². The molecule has 4 N–H and O–H groups in total. The Bertz CT molecular complexity index is 344. The number of aryl methyl sites for hydroxylation is 1. The maximum absolute atomic E-state index is 9.02. The van der Waals surface area contributed by atoms with Crippen LogP contribution in [0.25, 0.3) is 0 Å². The summed E-state index contributed by atoms with van der Waals surface area (Å²) in [5.74, 6) is 6.61. The van der Waals surface area contributed by atoms with E-state index in [1.807, 2.05) is 25.8 Å². The molecule has 0 saturated carbocycles. The van der Waals surface area contributed by atoms with Crippen molar-refractivity contribution >= 4 is 5.82 Å². The van der Waals surface area contributed by atoms with Crippen LogP contribution in [0.15, 0.2) is 6.07 Å².